The van der Waals surface area contributed by atoms with Gasteiger partial charge in [-0.3, -0.25) is 9.59 Å². The van der Waals surface area contributed by atoms with Gasteiger partial charge < -0.3 is 15.7 Å². The highest BCUT2D eigenvalue weighted by molar-refractivity contribution is 6.42. The molecule has 7 heteroatoms. The number of anilines is 1. The zero-order valence-corrected chi connectivity index (χ0v) is 12.7. The Labute approximate surface area is 132 Å². The lowest BCUT2D eigenvalue weighted by atomic mass is 9.93. The second-order valence-electron chi connectivity index (χ2n) is 5.06. The van der Waals surface area contributed by atoms with Gasteiger partial charge in [-0.15, -0.1) is 0 Å². The molecule has 21 heavy (non-hydrogen) atoms. The summed E-state index contributed by atoms with van der Waals surface area (Å²) in [5.41, 5.74) is 0.406. The van der Waals surface area contributed by atoms with E-state index < -0.39 is 11.8 Å². The molecule has 0 saturated heterocycles. The third-order valence-corrected chi connectivity index (χ3v) is 4.15. The third kappa shape index (κ3) is 4.59. The molecule has 0 bridgehead atoms. The number of hydrogen-bond acceptors (Lipinski definition) is 3. The van der Waals surface area contributed by atoms with Crippen molar-refractivity contribution in [1.82, 2.24) is 5.32 Å². The summed E-state index contributed by atoms with van der Waals surface area (Å²) in [6.07, 6.45) is 2.32. The normalized spacial score (nSPS) is 21.7. The van der Waals surface area contributed by atoms with Crippen LogP contribution in [0.15, 0.2) is 18.2 Å². The minimum atomic E-state index is -0.750. The topological polar surface area (TPSA) is 78.4 Å². The maximum atomic E-state index is 11.8. The molecule has 0 heterocycles. The van der Waals surface area contributed by atoms with Crippen LogP contribution >= 0.6 is 23.2 Å². The Balaban J connectivity index is 1.87. The first-order valence-electron chi connectivity index (χ1n) is 6.70. The number of aliphatic hydroxyl groups is 1. The van der Waals surface area contributed by atoms with Crippen molar-refractivity contribution < 1.29 is 14.7 Å². The van der Waals surface area contributed by atoms with E-state index in [9.17, 15) is 14.7 Å². The molecule has 1 aromatic carbocycles. The molecule has 0 spiro atoms. The Morgan fingerprint density at radius 2 is 1.71 bits per heavy atom. The van der Waals surface area contributed by atoms with Crippen molar-refractivity contribution in [2.75, 3.05) is 5.32 Å². The van der Waals surface area contributed by atoms with E-state index in [1.165, 1.54) is 6.07 Å². The molecule has 2 rings (SSSR count). The Bertz CT molecular complexity index is 543. The van der Waals surface area contributed by atoms with Gasteiger partial charge in [-0.1, -0.05) is 23.2 Å². The Morgan fingerprint density at radius 1 is 1.05 bits per heavy atom. The molecule has 1 aliphatic carbocycles. The number of rotatable bonds is 2. The molecule has 114 valence electrons. The van der Waals surface area contributed by atoms with Gasteiger partial charge in [-0.2, -0.15) is 0 Å². The molecule has 0 atom stereocenters. The highest BCUT2D eigenvalue weighted by Crippen LogP contribution is 2.25. The van der Waals surface area contributed by atoms with Crippen LogP contribution in [0.1, 0.15) is 25.7 Å². The number of aliphatic hydroxyl groups excluding tert-OH is 1. The molecule has 0 radical (unpaired) electrons. The van der Waals surface area contributed by atoms with Crippen molar-refractivity contribution in [3.05, 3.63) is 28.2 Å². The quantitative estimate of drug-likeness (QED) is 0.728. The largest absolute Gasteiger partial charge is 0.393 e. The molecule has 5 nitrogen and oxygen atoms in total. The van der Waals surface area contributed by atoms with E-state index in [0.29, 0.717) is 41.4 Å². The first kappa shape index (κ1) is 16.1. The summed E-state index contributed by atoms with van der Waals surface area (Å²) < 4.78 is 0. The van der Waals surface area contributed by atoms with Gasteiger partial charge in [0.05, 0.1) is 16.1 Å². The van der Waals surface area contributed by atoms with Gasteiger partial charge in [0.25, 0.3) is 0 Å². The fourth-order valence-electron chi connectivity index (χ4n) is 2.23. The molecule has 2 amide bonds. The Hall–Kier alpha value is -1.30. The number of carbonyl (C=O) groups excluding carboxylic acids is 2. The van der Waals surface area contributed by atoms with Gasteiger partial charge in [0.2, 0.25) is 0 Å². The predicted octanol–water partition coefficient (Wildman–Crippen LogP) is 2.35. The second-order valence-corrected chi connectivity index (χ2v) is 5.88. The summed E-state index contributed by atoms with van der Waals surface area (Å²) in [5, 5.41) is 15.2. The first-order valence-corrected chi connectivity index (χ1v) is 7.46. The molecule has 0 unspecified atom stereocenters. The number of amides is 2. The van der Waals surface area contributed by atoms with Crippen LogP contribution in [0.25, 0.3) is 0 Å². The number of carbonyl (C=O) groups is 2. The fourth-order valence-corrected chi connectivity index (χ4v) is 2.53. The summed E-state index contributed by atoms with van der Waals surface area (Å²) in [4.78, 5) is 23.6. The lowest BCUT2D eigenvalue weighted by Crippen LogP contribution is -2.43. The monoisotopic (exact) mass is 330 g/mol. The van der Waals surface area contributed by atoms with E-state index in [0.717, 1.165) is 0 Å². The van der Waals surface area contributed by atoms with Crippen LogP contribution in [0.4, 0.5) is 5.69 Å². The van der Waals surface area contributed by atoms with Crippen molar-refractivity contribution in [2.24, 2.45) is 0 Å². The van der Waals surface area contributed by atoms with Crippen molar-refractivity contribution in [3.8, 4) is 0 Å². The number of hydrogen-bond donors (Lipinski definition) is 3. The van der Waals surface area contributed by atoms with Crippen LogP contribution in [0.5, 0.6) is 0 Å². The molecule has 1 aliphatic rings. The summed E-state index contributed by atoms with van der Waals surface area (Å²) in [6.45, 7) is 0. The van der Waals surface area contributed by atoms with Gasteiger partial charge in [-0.25, -0.2) is 0 Å². The first-order chi connectivity index (χ1) is 9.95. The SMILES string of the molecule is O=C(Nc1ccc(Cl)c(Cl)c1)C(=O)NC1CCC(O)CC1. The third-order valence-electron chi connectivity index (χ3n) is 3.42. The number of halogens is 2. The van der Waals surface area contributed by atoms with Gasteiger partial charge in [0.15, 0.2) is 0 Å². The van der Waals surface area contributed by atoms with Crippen LogP contribution in [-0.4, -0.2) is 29.1 Å². The lowest BCUT2D eigenvalue weighted by Gasteiger charge is -2.25. The zero-order chi connectivity index (χ0) is 15.4. The van der Waals surface area contributed by atoms with E-state index in [2.05, 4.69) is 10.6 Å². The van der Waals surface area contributed by atoms with E-state index in [1.54, 1.807) is 12.1 Å². The van der Waals surface area contributed by atoms with Crippen LogP contribution < -0.4 is 10.6 Å². The van der Waals surface area contributed by atoms with Gasteiger partial charge in [-0.05, 0) is 43.9 Å². The van der Waals surface area contributed by atoms with Crippen molar-refractivity contribution in [3.63, 3.8) is 0 Å². The summed E-state index contributed by atoms with van der Waals surface area (Å²) in [7, 11) is 0. The van der Waals surface area contributed by atoms with Crippen LogP contribution in [-0.2, 0) is 9.59 Å². The highest BCUT2D eigenvalue weighted by Gasteiger charge is 2.23. The molecule has 0 aliphatic heterocycles. The summed E-state index contributed by atoms with van der Waals surface area (Å²) in [6, 6.07) is 4.52. The lowest BCUT2D eigenvalue weighted by molar-refractivity contribution is -0.136. The average molecular weight is 331 g/mol. The average Bonchev–Trinajstić information content (AvgIpc) is 2.45. The maximum Gasteiger partial charge on any atom is 0.313 e. The standard InChI is InChI=1S/C14H16Cl2N2O3/c15-11-6-3-9(7-12(11)16)18-14(21)13(20)17-8-1-4-10(19)5-2-8/h3,6-8,10,19H,1-2,4-5H2,(H,17,20)(H,18,21). The molecule has 1 fully saturated rings. The van der Waals surface area contributed by atoms with E-state index in [4.69, 9.17) is 23.2 Å². The summed E-state index contributed by atoms with van der Waals surface area (Å²) >= 11 is 11.6. The van der Waals surface area contributed by atoms with Crippen molar-refractivity contribution >= 4 is 40.7 Å². The number of nitrogens with one attached hydrogen (secondary N) is 2. The molecular weight excluding hydrogens is 315 g/mol. The minimum Gasteiger partial charge on any atom is -0.393 e. The zero-order valence-electron chi connectivity index (χ0n) is 11.2. The molecule has 0 aromatic heterocycles. The smallest absolute Gasteiger partial charge is 0.313 e. The molecule has 3 N–H and O–H groups in total. The van der Waals surface area contributed by atoms with Crippen molar-refractivity contribution in [2.45, 2.75) is 37.8 Å². The van der Waals surface area contributed by atoms with Crippen LogP contribution in [0.2, 0.25) is 10.0 Å². The Morgan fingerprint density at radius 3 is 2.33 bits per heavy atom. The molecular formula is C14H16Cl2N2O3. The van der Waals surface area contributed by atoms with Gasteiger partial charge >= 0.3 is 11.8 Å². The van der Waals surface area contributed by atoms with E-state index >= 15 is 0 Å². The minimum absolute atomic E-state index is 0.0690. The van der Waals surface area contributed by atoms with Gasteiger partial charge in [0, 0.05) is 11.7 Å². The fraction of sp³-hybridized carbons (Fsp3) is 0.429. The molecule has 1 saturated carbocycles. The summed E-state index contributed by atoms with van der Waals surface area (Å²) in [5.74, 6) is -1.44. The maximum absolute atomic E-state index is 11.8. The molecule has 1 aromatic rings. The van der Waals surface area contributed by atoms with E-state index in [1.807, 2.05) is 0 Å². The van der Waals surface area contributed by atoms with E-state index in [-0.39, 0.29) is 12.1 Å². The highest BCUT2D eigenvalue weighted by atomic mass is 35.5. The van der Waals surface area contributed by atoms with Crippen molar-refractivity contribution in [1.29, 1.82) is 0 Å². The second kappa shape index (κ2) is 7.11. The van der Waals surface area contributed by atoms with Crippen LogP contribution in [0.3, 0.4) is 0 Å². The van der Waals surface area contributed by atoms with Gasteiger partial charge in [0.1, 0.15) is 0 Å². The number of benzene rings is 1. The van der Waals surface area contributed by atoms with Crippen LogP contribution in [0, 0.1) is 0 Å². The predicted molar refractivity (Wildman–Crippen MR) is 81.5 cm³/mol. The Kier molecular flexibility index (Phi) is 5.45.